The highest BCUT2D eigenvalue weighted by Gasteiger charge is 2.15. The molecule has 0 spiro atoms. The normalized spacial score (nSPS) is 11.3. The summed E-state index contributed by atoms with van der Waals surface area (Å²) in [6, 6.07) is 3.35. The summed E-state index contributed by atoms with van der Waals surface area (Å²) < 4.78 is 24.0. The van der Waals surface area contributed by atoms with Gasteiger partial charge in [-0.05, 0) is 37.5 Å². The number of aromatic nitrogens is 1. The third-order valence-corrected chi connectivity index (χ3v) is 4.49. The Morgan fingerprint density at radius 1 is 1.32 bits per heavy atom. The molecule has 1 rings (SSSR count). The van der Waals surface area contributed by atoms with Crippen LogP contribution in [0.25, 0.3) is 0 Å². The summed E-state index contributed by atoms with van der Waals surface area (Å²) in [6.45, 7) is 1.84. The zero-order chi connectivity index (χ0) is 14.3. The Labute approximate surface area is 114 Å². The predicted molar refractivity (Wildman–Crippen MR) is 73.6 cm³/mol. The lowest BCUT2D eigenvalue weighted by atomic mass is 10.2. The van der Waals surface area contributed by atoms with Crippen LogP contribution in [0.5, 0.6) is 0 Å². The fourth-order valence-electron chi connectivity index (χ4n) is 1.66. The minimum atomic E-state index is -3.30. The van der Waals surface area contributed by atoms with Gasteiger partial charge < -0.3 is 5.32 Å². The average molecular weight is 284 g/mol. The van der Waals surface area contributed by atoms with Crippen LogP contribution in [0.4, 0.5) is 0 Å². The fourth-order valence-corrected chi connectivity index (χ4v) is 3.04. The molecule has 106 valence electrons. The second-order valence-electron chi connectivity index (χ2n) is 4.47. The summed E-state index contributed by atoms with van der Waals surface area (Å²) in [4.78, 5) is 14.9. The van der Waals surface area contributed by atoms with Crippen LogP contribution in [0.2, 0.25) is 0 Å². The van der Waals surface area contributed by atoms with E-state index < -0.39 is 9.84 Å². The first kappa shape index (κ1) is 15.6. The molecule has 1 aromatic rings. The summed E-state index contributed by atoms with van der Waals surface area (Å²) in [5.74, 6) is 0.0696. The van der Waals surface area contributed by atoms with Gasteiger partial charge in [0.25, 0.3) is 0 Å². The van der Waals surface area contributed by atoms with Crippen LogP contribution < -0.4 is 5.32 Å². The standard InChI is InChI=1S/C13H20N2O3S/c1-11-7-8-15-13(10-11)19(17,18)9-5-3-4-6-12(16)14-2/h7-8,10H,3-6,9H2,1-2H3,(H,14,16). The Balaban J connectivity index is 2.42. The highest BCUT2D eigenvalue weighted by Crippen LogP contribution is 2.12. The van der Waals surface area contributed by atoms with Crippen molar-refractivity contribution in [2.45, 2.75) is 37.6 Å². The molecule has 1 heterocycles. The lowest BCUT2D eigenvalue weighted by molar-refractivity contribution is -0.120. The molecule has 0 fully saturated rings. The highest BCUT2D eigenvalue weighted by molar-refractivity contribution is 7.91. The van der Waals surface area contributed by atoms with Crippen molar-refractivity contribution in [2.75, 3.05) is 12.8 Å². The van der Waals surface area contributed by atoms with Gasteiger partial charge in [0.15, 0.2) is 14.9 Å². The first-order valence-corrected chi connectivity index (χ1v) is 7.97. The van der Waals surface area contributed by atoms with E-state index in [2.05, 4.69) is 10.3 Å². The molecule has 1 aromatic heterocycles. The van der Waals surface area contributed by atoms with Crippen molar-refractivity contribution in [1.82, 2.24) is 10.3 Å². The Hall–Kier alpha value is -1.43. The summed E-state index contributed by atoms with van der Waals surface area (Å²) in [5, 5.41) is 2.67. The van der Waals surface area contributed by atoms with E-state index in [1.807, 2.05) is 6.92 Å². The molecule has 19 heavy (non-hydrogen) atoms. The van der Waals surface area contributed by atoms with Crippen molar-refractivity contribution in [2.24, 2.45) is 0 Å². The lowest BCUT2D eigenvalue weighted by Crippen LogP contribution is -2.17. The first-order chi connectivity index (χ1) is 8.95. The zero-order valence-electron chi connectivity index (χ0n) is 11.3. The van der Waals surface area contributed by atoms with E-state index in [4.69, 9.17) is 0 Å². The van der Waals surface area contributed by atoms with Crippen LogP contribution in [0.1, 0.15) is 31.2 Å². The first-order valence-electron chi connectivity index (χ1n) is 6.31. The van der Waals surface area contributed by atoms with Gasteiger partial charge in [0.05, 0.1) is 5.75 Å². The predicted octanol–water partition coefficient (Wildman–Crippen LogP) is 1.47. The smallest absolute Gasteiger partial charge is 0.219 e. The number of hydrogen-bond acceptors (Lipinski definition) is 4. The molecule has 5 nitrogen and oxygen atoms in total. The molecule has 0 aromatic carbocycles. The number of aryl methyl sites for hydroxylation is 1. The fraction of sp³-hybridized carbons (Fsp3) is 0.538. The van der Waals surface area contributed by atoms with Crippen LogP contribution >= 0.6 is 0 Å². The summed E-state index contributed by atoms with van der Waals surface area (Å²) in [5.41, 5.74) is 0.883. The van der Waals surface area contributed by atoms with Crippen LogP contribution in [0, 0.1) is 6.92 Å². The largest absolute Gasteiger partial charge is 0.359 e. The number of unbranched alkanes of at least 4 members (excludes halogenated alkanes) is 2. The van der Waals surface area contributed by atoms with Gasteiger partial charge in [0.1, 0.15) is 0 Å². The Morgan fingerprint density at radius 3 is 2.68 bits per heavy atom. The van der Waals surface area contributed by atoms with E-state index >= 15 is 0 Å². The number of hydrogen-bond donors (Lipinski definition) is 1. The number of rotatable bonds is 7. The number of sulfone groups is 1. The summed E-state index contributed by atoms with van der Waals surface area (Å²) in [6.07, 6.45) is 3.93. The summed E-state index contributed by atoms with van der Waals surface area (Å²) >= 11 is 0. The van der Waals surface area contributed by atoms with Gasteiger partial charge in [-0.15, -0.1) is 0 Å². The van der Waals surface area contributed by atoms with Crippen LogP contribution in [0.3, 0.4) is 0 Å². The van der Waals surface area contributed by atoms with Gasteiger partial charge in [0.2, 0.25) is 5.91 Å². The molecule has 0 unspecified atom stereocenters. The minimum absolute atomic E-state index is 0.0109. The van der Waals surface area contributed by atoms with Crippen molar-refractivity contribution in [3.8, 4) is 0 Å². The van der Waals surface area contributed by atoms with Gasteiger partial charge in [-0.25, -0.2) is 13.4 Å². The molecular formula is C13H20N2O3S. The van der Waals surface area contributed by atoms with E-state index in [-0.39, 0.29) is 16.7 Å². The molecule has 1 amide bonds. The number of nitrogens with one attached hydrogen (secondary N) is 1. The van der Waals surface area contributed by atoms with Crippen molar-refractivity contribution in [1.29, 1.82) is 0 Å². The topological polar surface area (TPSA) is 76.1 Å². The van der Waals surface area contributed by atoms with Crippen molar-refractivity contribution in [3.63, 3.8) is 0 Å². The Morgan fingerprint density at radius 2 is 2.05 bits per heavy atom. The van der Waals surface area contributed by atoms with Crippen molar-refractivity contribution in [3.05, 3.63) is 23.9 Å². The third kappa shape index (κ3) is 5.38. The van der Waals surface area contributed by atoms with Crippen LogP contribution in [0.15, 0.2) is 23.4 Å². The number of nitrogens with zero attached hydrogens (tertiary/aromatic N) is 1. The zero-order valence-corrected chi connectivity index (χ0v) is 12.2. The second kappa shape index (κ2) is 7.23. The third-order valence-electron chi connectivity index (χ3n) is 2.80. The van der Waals surface area contributed by atoms with Gasteiger partial charge in [-0.1, -0.05) is 6.42 Å². The van der Waals surface area contributed by atoms with E-state index in [0.29, 0.717) is 19.3 Å². The van der Waals surface area contributed by atoms with Gasteiger partial charge in [0, 0.05) is 19.7 Å². The van der Waals surface area contributed by atoms with E-state index in [9.17, 15) is 13.2 Å². The Kier molecular flexibility index (Phi) is 5.95. The number of amides is 1. The molecule has 0 saturated carbocycles. The molecule has 1 N–H and O–H groups in total. The van der Waals surface area contributed by atoms with Gasteiger partial charge in [-0.3, -0.25) is 4.79 Å². The monoisotopic (exact) mass is 284 g/mol. The van der Waals surface area contributed by atoms with Crippen molar-refractivity contribution >= 4 is 15.7 Å². The van der Waals surface area contributed by atoms with E-state index in [0.717, 1.165) is 12.0 Å². The molecular weight excluding hydrogens is 264 g/mol. The molecule has 6 heteroatoms. The van der Waals surface area contributed by atoms with Crippen LogP contribution in [-0.2, 0) is 14.6 Å². The maximum atomic E-state index is 12.0. The average Bonchev–Trinajstić information content (AvgIpc) is 2.38. The molecule has 0 aliphatic carbocycles. The highest BCUT2D eigenvalue weighted by atomic mass is 32.2. The Bertz CT molecular complexity index is 526. The maximum absolute atomic E-state index is 12.0. The number of pyridine rings is 1. The lowest BCUT2D eigenvalue weighted by Gasteiger charge is -2.04. The maximum Gasteiger partial charge on any atom is 0.219 e. The molecule has 0 radical (unpaired) electrons. The molecule has 0 saturated heterocycles. The van der Waals surface area contributed by atoms with Gasteiger partial charge >= 0.3 is 0 Å². The molecule has 0 aliphatic heterocycles. The molecule has 0 atom stereocenters. The van der Waals surface area contributed by atoms with E-state index in [1.54, 1.807) is 19.2 Å². The van der Waals surface area contributed by atoms with Crippen LogP contribution in [-0.4, -0.2) is 32.1 Å². The van der Waals surface area contributed by atoms with E-state index in [1.165, 1.54) is 6.20 Å². The number of carbonyl (C=O) groups is 1. The molecule has 0 aliphatic rings. The summed E-state index contributed by atoms with van der Waals surface area (Å²) in [7, 11) is -1.71. The quantitative estimate of drug-likeness (QED) is 0.769. The van der Waals surface area contributed by atoms with Gasteiger partial charge in [-0.2, -0.15) is 0 Å². The van der Waals surface area contributed by atoms with Crippen molar-refractivity contribution < 1.29 is 13.2 Å². The SMILES string of the molecule is CNC(=O)CCCCCS(=O)(=O)c1cc(C)ccn1. The molecule has 0 bridgehead atoms. The minimum Gasteiger partial charge on any atom is -0.359 e. The number of carbonyl (C=O) groups excluding carboxylic acids is 1. The second-order valence-corrected chi connectivity index (χ2v) is 6.53.